The monoisotopic (exact) mass is 294 g/mol. The van der Waals surface area contributed by atoms with E-state index in [0.29, 0.717) is 24.7 Å². The third-order valence-electron chi connectivity index (χ3n) is 3.30. The van der Waals surface area contributed by atoms with Crippen molar-refractivity contribution in [2.45, 2.75) is 27.2 Å². The van der Waals surface area contributed by atoms with E-state index in [2.05, 4.69) is 13.8 Å². The first-order chi connectivity index (χ1) is 9.81. The summed E-state index contributed by atoms with van der Waals surface area (Å²) in [5.41, 5.74) is 0.711. The maximum Gasteiger partial charge on any atom is 0.308 e. The number of hydrogen-bond donors (Lipinski definition) is 1. The summed E-state index contributed by atoms with van der Waals surface area (Å²) in [6, 6.07) is 6.34. The summed E-state index contributed by atoms with van der Waals surface area (Å²) in [6.07, 6.45) is 0.898. The second-order valence-electron chi connectivity index (χ2n) is 5.64. The van der Waals surface area contributed by atoms with Crippen LogP contribution in [0.15, 0.2) is 24.3 Å². The van der Waals surface area contributed by atoms with Gasteiger partial charge in [-0.15, -0.1) is 0 Å². The Hall–Kier alpha value is -2.11. The largest absolute Gasteiger partial charge is 0.481 e. The lowest BCUT2D eigenvalue weighted by Gasteiger charge is -2.27. The number of carbonyl (C=O) groups is 1. The quantitative estimate of drug-likeness (QED) is 0.588. The van der Waals surface area contributed by atoms with Crippen LogP contribution in [-0.2, 0) is 4.79 Å². The van der Waals surface area contributed by atoms with E-state index in [-0.39, 0.29) is 5.69 Å². The number of non-ortho nitro benzene ring substituents is 1. The highest BCUT2D eigenvalue weighted by Gasteiger charge is 2.18. The van der Waals surface area contributed by atoms with E-state index in [1.54, 1.807) is 19.1 Å². The van der Waals surface area contributed by atoms with E-state index in [1.807, 2.05) is 4.90 Å². The molecule has 1 atom stereocenters. The van der Waals surface area contributed by atoms with Crippen LogP contribution in [0.4, 0.5) is 11.4 Å². The zero-order valence-corrected chi connectivity index (χ0v) is 12.7. The molecule has 0 aliphatic heterocycles. The van der Waals surface area contributed by atoms with E-state index in [4.69, 9.17) is 5.11 Å². The molecule has 0 spiro atoms. The lowest BCUT2D eigenvalue weighted by molar-refractivity contribution is -0.384. The Morgan fingerprint density at radius 2 is 2.05 bits per heavy atom. The average Bonchev–Trinajstić information content (AvgIpc) is 2.42. The predicted molar refractivity (Wildman–Crippen MR) is 81.6 cm³/mol. The number of nitrogens with zero attached hydrogens (tertiary/aromatic N) is 2. The number of nitro groups is 1. The first-order valence-corrected chi connectivity index (χ1v) is 7.03. The third kappa shape index (κ3) is 5.41. The normalized spacial score (nSPS) is 12.2. The van der Waals surface area contributed by atoms with Crippen molar-refractivity contribution in [1.82, 2.24) is 0 Å². The van der Waals surface area contributed by atoms with Crippen LogP contribution in [0.25, 0.3) is 0 Å². The van der Waals surface area contributed by atoms with Gasteiger partial charge in [0.25, 0.3) is 5.69 Å². The van der Waals surface area contributed by atoms with Crippen molar-refractivity contribution < 1.29 is 14.8 Å². The molecule has 1 rings (SSSR count). The molecule has 6 nitrogen and oxygen atoms in total. The number of anilines is 1. The van der Waals surface area contributed by atoms with E-state index in [0.717, 1.165) is 6.42 Å². The molecule has 1 aromatic carbocycles. The van der Waals surface area contributed by atoms with Gasteiger partial charge in [-0.25, -0.2) is 0 Å². The molecule has 0 aliphatic rings. The van der Waals surface area contributed by atoms with Crippen LogP contribution in [0.1, 0.15) is 27.2 Å². The molecular weight excluding hydrogens is 272 g/mol. The molecule has 0 aliphatic carbocycles. The van der Waals surface area contributed by atoms with Gasteiger partial charge in [0.05, 0.1) is 10.8 Å². The molecule has 21 heavy (non-hydrogen) atoms. The third-order valence-corrected chi connectivity index (χ3v) is 3.30. The summed E-state index contributed by atoms with van der Waals surface area (Å²) < 4.78 is 0. The zero-order chi connectivity index (χ0) is 16.0. The minimum absolute atomic E-state index is 0.0185. The predicted octanol–water partition coefficient (Wildman–Crippen LogP) is 3.17. The maximum absolute atomic E-state index is 11.0. The van der Waals surface area contributed by atoms with Crippen LogP contribution < -0.4 is 4.90 Å². The van der Waals surface area contributed by atoms with Crippen LogP contribution in [-0.4, -0.2) is 29.1 Å². The highest BCUT2D eigenvalue weighted by atomic mass is 16.6. The molecule has 0 saturated carbocycles. The number of rotatable bonds is 8. The molecule has 0 fully saturated rings. The molecule has 1 unspecified atom stereocenters. The number of nitro benzene ring substituents is 1. The molecular formula is C15H22N2O4. The molecule has 6 heteroatoms. The Morgan fingerprint density at radius 1 is 1.38 bits per heavy atom. The molecule has 116 valence electrons. The minimum Gasteiger partial charge on any atom is -0.481 e. The fourth-order valence-electron chi connectivity index (χ4n) is 1.95. The molecule has 0 bridgehead atoms. The van der Waals surface area contributed by atoms with Gasteiger partial charge in [-0.3, -0.25) is 14.9 Å². The number of carboxylic acid groups (broad SMARTS) is 1. The zero-order valence-electron chi connectivity index (χ0n) is 12.7. The molecule has 1 N–H and O–H groups in total. The van der Waals surface area contributed by atoms with Crippen LogP contribution in [0.5, 0.6) is 0 Å². The van der Waals surface area contributed by atoms with Crippen molar-refractivity contribution >= 4 is 17.3 Å². The van der Waals surface area contributed by atoms with Gasteiger partial charge in [0, 0.05) is 30.9 Å². The summed E-state index contributed by atoms with van der Waals surface area (Å²) in [5, 5.41) is 19.9. The van der Waals surface area contributed by atoms with Crippen molar-refractivity contribution in [2.24, 2.45) is 11.8 Å². The number of benzene rings is 1. The minimum atomic E-state index is -0.866. The van der Waals surface area contributed by atoms with Crippen molar-refractivity contribution in [1.29, 1.82) is 0 Å². The molecule has 0 amide bonds. The van der Waals surface area contributed by atoms with Gasteiger partial charge in [-0.1, -0.05) is 26.8 Å². The first kappa shape index (κ1) is 16.9. The van der Waals surface area contributed by atoms with Gasteiger partial charge < -0.3 is 10.0 Å². The summed E-state index contributed by atoms with van der Waals surface area (Å²) in [4.78, 5) is 23.4. The fraction of sp³-hybridized carbons (Fsp3) is 0.533. The van der Waals surface area contributed by atoms with Gasteiger partial charge in [0.2, 0.25) is 0 Å². The van der Waals surface area contributed by atoms with E-state index >= 15 is 0 Å². The van der Waals surface area contributed by atoms with Crippen molar-refractivity contribution in [2.75, 3.05) is 18.0 Å². The average molecular weight is 294 g/mol. The Labute approximate surface area is 124 Å². The molecule has 0 saturated heterocycles. The van der Waals surface area contributed by atoms with Crippen LogP contribution >= 0.6 is 0 Å². The van der Waals surface area contributed by atoms with Crippen LogP contribution in [0, 0.1) is 22.0 Å². The van der Waals surface area contributed by atoms with Crippen molar-refractivity contribution in [3.8, 4) is 0 Å². The van der Waals surface area contributed by atoms with E-state index < -0.39 is 16.8 Å². The lowest BCUT2D eigenvalue weighted by Crippen LogP contribution is -2.33. The van der Waals surface area contributed by atoms with Gasteiger partial charge in [-0.2, -0.15) is 0 Å². The molecule has 1 aromatic rings. The Bertz CT molecular complexity index is 502. The van der Waals surface area contributed by atoms with Gasteiger partial charge >= 0.3 is 5.97 Å². The molecule has 0 radical (unpaired) electrons. The summed E-state index contributed by atoms with van der Waals surface area (Å²) in [7, 11) is 0. The van der Waals surface area contributed by atoms with Crippen molar-refractivity contribution in [3.63, 3.8) is 0 Å². The van der Waals surface area contributed by atoms with Gasteiger partial charge in [0.15, 0.2) is 0 Å². The highest BCUT2D eigenvalue weighted by Crippen LogP contribution is 2.23. The number of aliphatic carboxylic acids is 1. The highest BCUT2D eigenvalue weighted by molar-refractivity contribution is 5.70. The lowest BCUT2D eigenvalue weighted by atomic mass is 10.1. The standard InChI is InChI=1S/C15H22N2O4/c1-11(2)7-8-16(10-12(3)15(18)19)13-5-4-6-14(9-13)17(20)21/h4-6,9,11-12H,7-8,10H2,1-3H3,(H,18,19). The van der Waals surface area contributed by atoms with E-state index in [9.17, 15) is 14.9 Å². The summed E-state index contributed by atoms with van der Waals surface area (Å²) in [5.74, 6) is -0.919. The summed E-state index contributed by atoms with van der Waals surface area (Å²) in [6.45, 7) is 6.83. The van der Waals surface area contributed by atoms with Crippen molar-refractivity contribution in [3.05, 3.63) is 34.4 Å². The second kappa shape index (κ2) is 7.61. The topological polar surface area (TPSA) is 83.7 Å². The Balaban J connectivity index is 2.96. The fourth-order valence-corrected chi connectivity index (χ4v) is 1.95. The first-order valence-electron chi connectivity index (χ1n) is 7.03. The molecule has 0 heterocycles. The molecule has 0 aromatic heterocycles. The van der Waals surface area contributed by atoms with Gasteiger partial charge in [0.1, 0.15) is 0 Å². The second-order valence-corrected chi connectivity index (χ2v) is 5.64. The SMILES string of the molecule is CC(C)CCN(CC(C)C(=O)O)c1cccc([N+](=O)[O-])c1. The van der Waals surface area contributed by atoms with Crippen LogP contribution in [0.2, 0.25) is 0 Å². The van der Waals surface area contributed by atoms with E-state index in [1.165, 1.54) is 12.1 Å². The summed E-state index contributed by atoms with van der Waals surface area (Å²) >= 11 is 0. The Kier molecular flexibility index (Phi) is 6.14. The maximum atomic E-state index is 11.0. The van der Waals surface area contributed by atoms with Crippen LogP contribution in [0.3, 0.4) is 0 Å². The van der Waals surface area contributed by atoms with Gasteiger partial charge in [-0.05, 0) is 18.4 Å². The Morgan fingerprint density at radius 3 is 2.57 bits per heavy atom. The number of hydrogen-bond acceptors (Lipinski definition) is 4. The smallest absolute Gasteiger partial charge is 0.308 e. The number of carboxylic acids is 1.